The van der Waals surface area contributed by atoms with E-state index in [1.54, 1.807) is 24.3 Å². The first kappa shape index (κ1) is 21.5. The summed E-state index contributed by atoms with van der Waals surface area (Å²) in [5.41, 5.74) is 12.9. The Kier molecular flexibility index (Phi) is 5.78. The Morgan fingerprint density at radius 3 is 2.79 bits per heavy atom. The van der Waals surface area contributed by atoms with Gasteiger partial charge in [0.05, 0.1) is 27.9 Å². The van der Waals surface area contributed by atoms with Crippen molar-refractivity contribution in [2.45, 2.75) is 37.6 Å². The van der Waals surface area contributed by atoms with Gasteiger partial charge in [0.15, 0.2) is 0 Å². The van der Waals surface area contributed by atoms with Gasteiger partial charge in [-0.2, -0.15) is 0 Å². The van der Waals surface area contributed by atoms with Crippen LogP contribution in [0, 0.1) is 0 Å². The van der Waals surface area contributed by atoms with Gasteiger partial charge in [-0.3, -0.25) is 4.79 Å². The minimum Gasteiger partial charge on any atom is -0.384 e. The van der Waals surface area contributed by atoms with Gasteiger partial charge in [0, 0.05) is 18.2 Å². The number of carbonyl (C=O) groups excluding carboxylic acids is 2. The molecule has 5 rings (SSSR count). The van der Waals surface area contributed by atoms with Crippen LogP contribution in [0.5, 0.6) is 0 Å². The summed E-state index contributed by atoms with van der Waals surface area (Å²) in [4.78, 5) is 31.0. The maximum absolute atomic E-state index is 13.5. The third kappa shape index (κ3) is 4.07. The van der Waals surface area contributed by atoms with E-state index in [-0.39, 0.29) is 17.9 Å². The van der Waals surface area contributed by atoms with Gasteiger partial charge >= 0.3 is 5.97 Å². The number of para-hydroxylation sites is 1. The molecule has 3 aromatic rings. The third-order valence-electron chi connectivity index (χ3n) is 6.29. The van der Waals surface area contributed by atoms with Gasteiger partial charge in [-0.1, -0.05) is 41.9 Å². The van der Waals surface area contributed by atoms with Crippen LogP contribution in [0.1, 0.15) is 50.7 Å². The summed E-state index contributed by atoms with van der Waals surface area (Å²) in [6.07, 6.45) is 2.45. The molecule has 0 radical (unpaired) electrons. The molecule has 1 aliphatic heterocycles. The van der Waals surface area contributed by atoms with Crippen molar-refractivity contribution in [3.63, 3.8) is 0 Å². The molecule has 0 saturated carbocycles. The molecule has 8 nitrogen and oxygen atoms in total. The molecule has 1 aliphatic carbocycles. The van der Waals surface area contributed by atoms with Crippen molar-refractivity contribution >= 4 is 35.0 Å². The van der Waals surface area contributed by atoms with E-state index in [1.807, 2.05) is 24.3 Å². The Bertz CT molecular complexity index is 1210. The number of anilines is 2. The van der Waals surface area contributed by atoms with Crippen molar-refractivity contribution in [3.05, 3.63) is 75.9 Å². The number of benzene rings is 2. The molecule has 1 aromatic heterocycles. The monoisotopic (exact) mass is 465 g/mol. The lowest BCUT2D eigenvalue weighted by Crippen LogP contribution is -2.37. The molecular weight excluding hydrogens is 442 g/mol. The van der Waals surface area contributed by atoms with Gasteiger partial charge < -0.3 is 15.9 Å². The second-order valence-electron chi connectivity index (χ2n) is 8.35. The van der Waals surface area contributed by atoms with E-state index < -0.39 is 5.97 Å². The second-order valence-corrected chi connectivity index (χ2v) is 8.75. The molecule has 2 unspecified atom stereocenters. The number of nitrogens with one attached hydrogen (secondary N) is 2. The van der Waals surface area contributed by atoms with Crippen LogP contribution in [0.2, 0.25) is 5.02 Å². The molecule has 4 N–H and O–H groups in total. The highest BCUT2D eigenvalue weighted by Crippen LogP contribution is 2.38. The van der Waals surface area contributed by atoms with Gasteiger partial charge in [0.1, 0.15) is 5.82 Å². The highest BCUT2D eigenvalue weighted by Gasteiger charge is 2.34. The zero-order chi connectivity index (χ0) is 22.9. The molecule has 0 bridgehead atoms. The maximum atomic E-state index is 13.5. The van der Waals surface area contributed by atoms with E-state index in [0.29, 0.717) is 48.6 Å². The number of hydrogen-bond donors (Lipinski definition) is 3. The molecule has 2 aliphatic rings. The number of nitrogens with two attached hydrogens (primary N) is 1. The number of hydroxylamine groups is 1. The molecule has 0 saturated heterocycles. The fourth-order valence-corrected chi connectivity index (χ4v) is 4.86. The Balaban J connectivity index is 1.32. The minimum absolute atomic E-state index is 0.102. The first-order valence-electron chi connectivity index (χ1n) is 11.0. The van der Waals surface area contributed by atoms with Crippen LogP contribution in [0.4, 0.5) is 11.5 Å². The van der Waals surface area contributed by atoms with Gasteiger partial charge in [0.25, 0.3) is 5.91 Å². The number of aromatic nitrogens is 2. The van der Waals surface area contributed by atoms with Crippen molar-refractivity contribution in [2.75, 3.05) is 17.6 Å². The van der Waals surface area contributed by atoms with Crippen LogP contribution in [-0.4, -0.2) is 34.2 Å². The van der Waals surface area contributed by atoms with Gasteiger partial charge in [-0.15, -0.1) is 10.6 Å². The maximum Gasteiger partial charge on any atom is 0.356 e. The van der Waals surface area contributed by atoms with E-state index in [2.05, 4.69) is 15.9 Å². The molecule has 2 atom stereocenters. The van der Waals surface area contributed by atoms with Gasteiger partial charge in [-0.05, 0) is 49.4 Å². The average molecular weight is 466 g/mol. The van der Waals surface area contributed by atoms with E-state index in [4.69, 9.17) is 22.2 Å². The number of nitrogens with zero attached hydrogens (tertiary/aromatic N) is 2. The summed E-state index contributed by atoms with van der Waals surface area (Å²) in [5.74, 6) is -0.552. The van der Waals surface area contributed by atoms with E-state index in [9.17, 15) is 9.59 Å². The van der Waals surface area contributed by atoms with Crippen LogP contribution in [-0.2, 0) is 17.7 Å². The average Bonchev–Trinajstić information content (AvgIpc) is 3.18. The summed E-state index contributed by atoms with van der Waals surface area (Å²) in [6, 6.07) is 14.3. The number of nitrogen functional groups attached to an aromatic ring is 1. The van der Waals surface area contributed by atoms with E-state index in [0.717, 1.165) is 22.5 Å². The Morgan fingerprint density at radius 2 is 1.97 bits per heavy atom. The number of rotatable bonds is 4. The molecule has 170 valence electrons. The standard InChI is InChI=1S/C24H24ClN5O3/c25-19-8-4-7-16-17(11-12-27-21(16)19)23(31)30-20-10-9-15(13-18(20)22(26)28-30)29-33-24(32)14-5-2-1-3-6-14/h1-8,15,17,27,29H,9-13H2,(H2,26,28). The number of fused-ring (bicyclic) bond motifs is 2. The largest absolute Gasteiger partial charge is 0.384 e. The highest BCUT2D eigenvalue weighted by molar-refractivity contribution is 6.33. The van der Waals surface area contributed by atoms with Crippen molar-refractivity contribution in [3.8, 4) is 0 Å². The molecule has 9 heteroatoms. The first-order valence-corrected chi connectivity index (χ1v) is 11.3. The second kappa shape index (κ2) is 8.88. The molecule has 2 heterocycles. The fourth-order valence-electron chi connectivity index (χ4n) is 4.61. The third-order valence-corrected chi connectivity index (χ3v) is 6.61. The lowest BCUT2D eigenvalue weighted by atomic mass is 9.89. The lowest BCUT2D eigenvalue weighted by Gasteiger charge is -2.27. The predicted molar refractivity (Wildman–Crippen MR) is 125 cm³/mol. The minimum atomic E-state index is -0.441. The Morgan fingerprint density at radius 1 is 1.15 bits per heavy atom. The van der Waals surface area contributed by atoms with E-state index in [1.165, 1.54) is 4.68 Å². The zero-order valence-corrected chi connectivity index (χ0v) is 18.6. The number of carbonyl (C=O) groups is 2. The van der Waals surface area contributed by atoms with Crippen LogP contribution >= 0.6 is 11.6 Å². The van der Waals surface area contributed by atoms with Crippen molar-refractivity contribution in [1.29, 1.82) is 0 Å². The van der Waals surface area contributed by atoms with Crippen LogP contribution in [0.3, 0.4) is 0 Å². The molecule has 0 fully saturated rings. The van der Waals surface area contributed by atoms with Gasteiger partial charge in [-0.25, -0.2) is 9.48 Å². The molecule has 2 aromatic carbocycles. The number of hydrogen-bond acceptors (Lipinski definition) is 7. The zero-order valence-electron chi connectivity index (χ0n) is 17.9. The smallest absolute Gasteiger partial charge is 0.356 e. The summed E-state index contributed by atoms with van der Waals surface area (Å²) in [5, 5.41) is 8.29. The molecule has 0 spiro atoms. The lowest BCUT2D eigenvalue weighted by molar-refractivity contribution is 0.0139. The summed E-state index contributed by atoms with van der Waals surface area (Å²) >= 11 is 6.33. The topological polar surface area (TPSA) is 111 Å². The van der Waals surface area contributed by atoms with Crippen LogP contribution in [0.15, 0.2) is 48.5 Å². The van der Waals surface area contributed by atoms with Crippen molar-refractivity contribution in [1.82, 2.24) is 15.3 Å². The Hall–Kier alpha value is -3.36. The SMILES string of the molecule is Nc1nn(C(=O)C2CCNc3c(Cl)cccc32)c2c1CC(NOC(=O)c1ccccc1)CC2. The fraction of sp³-hybridized carbons (Fsp3) is 0.292. The van der Waals surface area contributed by atoms with E-state index >= 15 is 0 Å². The molecule has 33 heavy (non-hydrogen) atoms. The quantitative estimate of drug-likeness (QED) is 0.505. The highest BCUT2D eigenvalue weighted by atomic mass is 35.5. The first-order chi connectivity index (χ1) is 16.0. The van der Waals surface area contributed by atoms with Crippen molar-refractivity contribution < 1.29 is 14.4 Å². The predicted octanol–water partition coefficient (Wildman–Crippen LogP) is 3.58. The van der Waals surface area contributed by atoms with Crippen molar-refractivity contribution in [2.24, 2.45) is 0 Å². The number of halogens is 1. The summed E-state index contributed by atoms with van der Waals surface area (Å²) in [7, 11) is 0. The summed E-state index contributed by atoms with van der Waals surface area (Å²) in [6.45, 7) is 0.658. The Labute approximate surface area is 196 Å². The normalized spacial score (nSPS) is 19.2. The summed E-state index contributed by atoms with van der Waals surface area (Å²) < 4.78 is 1.47. The van der Waals surface area contributed by atoms with Crippen LogP contribution < -0.4 is 16.5 Å². The molecular formula is C24H24ClN5O3. The molecule has 0 amide bonds. The van der Waals surface area contributed by atoms with Gasteiger partial charge in [0.2, 0.25) is 0 Å². The van der Waals surface area contributed by atoms with Crippen LogP contribution in [0.25, 0.3) is 0 Å².